The van der Waals surface area contributed by atoms with Gasteiger partial charge in [-0.3, -0.25) is 4.98 Å². The smallest absolute Gasteiger partial charge is 0.281 e. The molecule has 0 unspecified atom stereocenters. The van der Waals surface area contributed by atoms with E-state index in [9.17, 15) is 8.42 Å². The monoisotopic (exact) mass is 355 g/mol. The van der Waals surface area contributed by atoms with E-state index in [1.807, 2.05) is 12.1 Å². The van der Waals surface area contributed by atoms with Gasteiger partial charge < -0.3 is 9.47 Å². The molecule has 0 saturated carbocycles. The highest BCUT2D eigenvalue weighted by atomic mass is 32.2. The van der Waals surface area contributed by atoms with Crippen molar-refractivity contribution >= 4 is 10.2 Å². The molecule has 0 bridgehead atoms. The molecule has 0 amide bonds. The summed E-state index contributed by atoms with van der Waals surface area (Å²) in [6.45, 7) is 1.96. The zero-order chi connectivity index (χ0) is 17.2. The number of piperidine rings is 1. The van der Waals surface area contributed by atoms with Crippen molar-refractivity contribution < 1.29 is 17.9 Å². The molecule has 1 spiro atoms. The van der Waals surface area contributed by atoms with Gasteiger partial charge >= 0.3 is 0 Å². The van der Waals surface area contributed by atoms with Crippen LogP contribution in [0.25, 0.3) is 0 Å². The Balaban J connectivity index is 1.59. The first-order valence-corrected chi connectivity index (χ1v) is 9.63. The average molecular weight is 355 g/mol. The molecule has 24 heavy (non-hydrogen) atoms. The van der Waals surface area contributed by atoms with Crippen LogP contribution < -0.4 is 0 Å². The number of ether oxygens (including phenoxy) is 2. The lowest BCUT2D eigenvalue weighted by Gasteiger charge is -2.39. The Kier molecular flexibility index (Phi) is 5.22. The van der Waals surface area contributed by atoms with E-state index in [2.05, 4.69) is 4.98 Å². The molecule has 2 fully saturated rings. The van der Waals surface area contributed by atoms with Crippen molar-refractivity contribution in [2.45, 2.75) is 37.6 Å². The summed E-state index contributed by atoms with van der Waals surface area (Å²) >= 11 is 0. The van der Waals surface area contributed by atoms with Crippen LogP contribution in [-0.4, -0.2) is 67.5 Å². The minimum absolute atomic E-state index is 0.00721. The summed E-state index contributed by atoms with van der Waals surface area (Å²) in [7, 11) is -0.276. The summed E-state index contributed by atoms with van der Waals surface area (Å²) < 4.78 is 39.5. The van der Waals surface area contributed by atoms with Crippen LogP contribution in [0.4, 0.5) is 0 Å². The van der Waals surface area contributed by atoms with Crippen molar-refractivity contribution in [1.29, 1.82) is 0 Å². The van der Waals surface area contributed by atoms with Gasteiger partial charge in [-0.1, -0.05) is 6.07 Å². The summed E-state index contributed by atoms with van der Waals surface area (Å²) in [5.74, 6) is 0. The van der Waals surface area contributed by atoms with Crippen LogP contribution in [0.5, 0.6) is 0 Å². The third-order valence-electron chi connectivity index (χ3n) is 4.68. The molecule has 7 nitrogen and oxygen atoms in total. The highest BCUT2D eigenvalue weighted by Crippen LogP contribution is 2.37. The Labute approximate surface area is 143 Å². The van der Waals surface area contributed by atoms with E-state index < -0.39 is 15.8 Å². The largest absolute Gasteiger partial charge is 0.371 e. The van der Waals surface area contributed by atoms with Crippen LogP contribution in [0.15, 0.2) is 24.5 Å². The van der Waals surface area contributed by atoms with Crippen molar-refractivity contribution in [3.63, 3.8) is 0 Å². The van der Waals surface area contributed by atoms with Gasteiger partial charge in [-0.2, -0.15) is 17.0 Å². The Morgan fingerprint density at radius 2 is 2.33 bits per heavy atom. The van der Waals surface area contributed by atoms with Crippen LogP contribution in [-0.2, 0) is 26.3 Å². The maximum atomic E-state index is 12.4. The first-order valence-electron chi connectivity index (χ1n) is 8.23. The fourth-order valence-electron chi connectivity index (χ4n) is 3.38. The second-order valence-corrected chi connectivity index (χ2v) is 8.86. The van der Waals surface area contributed by atoms with Crippen molar-refractivity contribution in [3.05, 3.63) is 30.1 Å². The molecular formula is C16H25N3O4S. The molecule has 0 aliphatic carbocycles. The first-order chi connectivity index (χ1) is 11.4. The molecule has 2 saturated heterocycles. The maximum Gasteiger partial charge on any atom is 0.281 e. The molecule has 3 rings (SSSR count). The molecule has 0 N–H and O–H groups in total. The molecule has 134 valence electrons. The number of aromatic nitrogens is 1. The van der Waals surface area contributed by atoms with Crippen molar-refractivity contribution in [2.75, 3.05) is 33.8 Å². The lowest BCUT2D eigenvalue weighted by Crippen LogP contribution is -2.52. The van der Waals surface area contributed by atoms with Crippen LogP contribution in [0.1, 0.15) is 24.8 Å². The molecule has 0 radical (unpaired) electrons. The van der Waals surface area contributed by atoms with E-state index in [1.165, 1.54) is 8.61 Å². The standard InChI is InChI=1S/C16H25N3O4S/c1-18(2)24(20,21)19-8-4-6-16(13-19)9-15(12-23-16)22-11-14-5-3-7-17-10-14/h3,5,7,10,15H,4,6,8-9,11-13H2,1-2H3/t15-,16-/m0/s1. The van der Waals surface area contributed by atoms with Crippen LogP contribution in [0, 0.1) is 0 Å². The van der Waals surface area contributed by atoms with Gasteiger partial charge in [0.25, 0.3) is 10.2 Å². The second kappa shape index (κ2) is 7.05. The Hall–Kier alpha value is -1.06. The number of hydrogen-bond donors (Lipinski definition) is 0. The second-order valence-electron chi connectivity index (χ2n) is 6.72. The van der Waals surface area contributed by atoms with Gasteiger partial charge in [-0.25, -0.2) is 0 Å². The summed E-state index contributed by atoms with van der Waals surface area (Å²) in [5, 5.41) is 0. The third-order valence-corrected chi connectivity index (χ3v) is 6.56. The van der Waals surface area contributed by atoms with E-state index in [1.54, 1.807) is 26.5 Å². The SMILES string of the molecule is CN(C)S(=O)(=O)N1CCC[C@]2(C[C@H](OCc3cccnc3)CO2)C1. The molecule has 1 aromatic rings. The Morgan fingerprint density at radius 3 is 3.04 bits per heavy atom. The van der Waals surface area contributed by atoms with Crippen LogP contribution in [0.2, 0.25) is 0 Å². The van der Waals surface area contributed by atoms with Crippen molar-refractivity contribution in [2.24, 2.45) is 0 Å². The molecule has 1 aromatic heterocycles. The number of nitrogens with zero attached hydrogens (tertiary/aromatic N) is 3. The predicted molar refractivity (Wildman–Crippen MR) is 89.5 cm³/mol. The third kappa shape index (κ3) is 3.78. The van der Waals surface area contributed by atoms with Crippen molar-refractivity contribution in [3.8, 4) is 0 Å². The van der Waals surface area contributed by atoms with Crippen LogP contribution in [0.3, 0.4) is 0 Å². The normalized spacial score (nSPS) is 28.7. The molecular weight excluding hydrogens is 330 g/mol. The maximum absolute atomic E-state index is 12.4. The number of rotatable bonds is 5. The molecule has 0 aromatic carbocycles. The quantitative estimate of drug-likeness (QED) is 0.789. The number of pyridine rings is 1. The highest BCUT2D eigenvalue weighted by molar-refractivity contribution is 7.86. The van der Waals surface area contributed by atoms with E-state index in [4.69, 9.17) is 9.47 Å². The first kappa shape index (κ1) is 17.8. The van der Waals surface area contributed by atoms with Crippen LogP contribution >= 0.6 is 0 Å². The van der Waals surface area contributed by atoms with Gasteiger partial charge in [0.05, 0.1) is 24.9 Å². The van der Waals surface area contributed by atoms with Gasteiger partial charge in [0.1, 0.15) is 0 Å². The van der Waals surface area contributed by atoms with E-state index in [-0.39, 0.29) is 6.10 Å². The van der Waals surface area contributed by atoms with Gasteiger partial charge in [0.15, 0.2) is 0 Å². The summed E-state index contributed by atoms with van der Waals surface area (Å²) in [6, 6.07) is 3.86. The lowest BCUT2D eigenvalue weighted by atomic mass is 9.90. The fourth-order valence-corrected chi connectivity index (χ4v) is 4.60. The minimum atomic E-state index is -3.40. The molecule has 2 aliphatic heterocycles. The van der Waals surface area contributed by atoms with Gasteiger partial charge in [0, 0.05) is 46.0 Å². The highest BCUT2D eigenvalue weighted by Gasteiger charge is 2.46. The fraction of sp³-hybridized carbons (Fsp3) is 0.688. The zero-order valence-corrected chi connectivity index (χ0v) is 15.0. The van der Waals surface area contributed by atoms with E-state index in [0.717, 1.165) is 24.8 Å². The zero-order valence-electron chi connectivity index (χ0n) is 14.2. The summed E-state index contributed by atoms with van der Waals surface area (Å²) in [5.41, 5.74) is 0.611. The lowest BCUT2D eigenvalue weighted by molar-refractivity contribution is -0.0367. The van der Waals surface area contributed by atoms with Gasteiger partial charge in [-0.15, -0.1) is 0 Å². The summed E-state index contributed by atoms with van der Waals surface area (Å²) in [4.78, 5) is 4.08. The average Bonchev–Trinajstić information content (AvgIpc) is 2.96. The topological polar surface area (TPSA) is 72.0 Å². The van der Waals surface area contributed by atoms with Crippen molar-refractivity contribution in [1.82, 2.24) is 13.6 Å². The molecule has 3 heterocycles. The molecule has 2 atom stereocenters. The van der Waals surface area contributed by atoms with Gasteiger partial charge in [0.2, 0.25) is 0 Å². The number of hydrogen-bond acceptors (Lipinski definition) is 5. The summed E-state index contributed by atoms with van der Waals surface area (Å²) in [6.07, 6.45) is 5.93. The van der Waals surface area contributed by atoms with E-state index in [0.29, 0.717) is 26.3 Å². The Bertz CT molecular complexity index is 653. The molecule has 8 heteroatoms. The molecule has 2 aliphatic rings. The van der Waals surface area contributed by atoms with Gasteiger partial charge in [-0.05, 0) is 24.5 Å². The predicted octanol–water partition coefficient (Wildman–Crippen LogP) is 1.03. The van der Waals surface area contributed by atoms with E-state index >= 15 is 0 Å². The minimum Gasteiger partial charge on any atom is -0.371 e. The Morgan fingerprint density at radius 1 is 1.50 bits per heavy atom.